The fraction of sp³-hybridized carbons (Fsp3) is 1.00. The van der Waals surface area contributed by atoms with Crippen LogP contribution in [0, 0.1) is 11.8 Å². The smallest absolute Gasteiger partial charge is 0.0543 e. The molecule has 2 heteroatoms. The average Bonchev–Trinajstić information content (AvgIpc) is 2.05. The standard InChI is InChI=1S/C10H18O2/c11-9-3-1-7-5-10(12)4-2-8(7)6-9/h7-12H,1-6H2/t7-,8-,9-,10-/m1/s1. The SMILES string of the molecule is O[C@@H]1CC[C@@H]2C[C@H](O)CC[C@@H]2C1. The van der Waals surface area contributed by atoms with Crippen molar-refractivity contribution in [2.45, 2.75) is 50.7 Å². The normalized spacial score (nSPS) is 48.5. The van der Waals surface area contributed by atoms with Gasteiger partial charge in [-0.15, -0.1) is 0 Å². The Hall–Kier alpha value is -0.0800. The number of aliphatic hydroxyl groups is 2. The molecule has 0 bridgehead atoms. The van der Waals surface area contributed by atoms with Crippen LogP contribution in [0.5, 0.6) is 0 Å². The third-order valence-electron chi connectivity index (χ3n) is 3.56. The summed E-state index contributed by atoms with van der Waals surface area (Å²) in [6.07, 6.45) is 6.02. The Balaban J connectivity index is 1.94. The van der Waals surface area contributed by atoms with Crippen molar-refractivity contribution in [1.29, 1.82) is 0 Å². The zero-order valence-electron chi connectivity index (χ0n) is 7.45. The fourth-order valence-electron chi connectivity index (χ4n) is 2.84. The molecule has 0 aromatic heterocycles. The lowest BCUT2D eigenvalue weighted by Crippen LogP contribution is -2.34. The zero-order valence-corrected chi connectivity index (χ0v) is 7.45. The van der Waals surface area contributed by atoms with Gasteiger partial charge in [-0.25, -0.2) is 0 Å². The number of hydrogen-bond acceptors (Lipinski definition) is 2. The Morgan fingerprint density at radius 3 is 1.50 bits per heavy atom. The fourth-order valence-corrected chi connectivity index (χ4v) is 2.84. The molecule has 0 aliphatic heterocycles. The molecule has 0 amide bonds. The van der Waals surface area contributed by atoms with Gasteiger partial charge < -0.3 is 10.2 Å². The minimum Gasteiger partial charge on any atom is -0.393 e. The molecule has 2 aliphatic rings. The van der Waals surface area contributed by atoms with Crippen molar-refractivity contribution in [2.24, 2.45) is 11.8 Å². The van der Waals surface area contributed by atoms with Gasteiger partial charge in [0.25, 0.3) is 0 Å². The highest BCUT2D eigenvalue weighted by molar-refractivity contribution is 4.85. The Bertz CT molecular complexity index is 140. The van der Waals surface area contributed by atoms with Gasteiger partial charge in [0.1, 0.15) is 0 Å². The van der Waals surface area contributed by atoms with Gasteiger partial charge in [-0.2, -0.15) is 0 Å². The van der Waals surface area contributed by atoms with Gasteiger partial charge in [-0.05, 0) is 50.4 Å². The summed E-state index contributed by atoms with van der Waals surface area (Å²) < 4.78 is 0. The second kappa shape index (κ2) is 3.35. The molecule has 2 saturated carbocycles. The molecule has 0 aromatic rings. The van der Waals surface area contributed by atoms with Crippen LogP contribution >= 0.6 is 0 Å². The maximum atomic E-state index is 9.45. The molecule has 0 saturated heterocycles. The number of fused-ring (bicyclic) bond motifs is 1. The molecule has 70 valence electrons. The molecule has 2 nitrogen and oxygen atoms in total. The summed E-state index contributed by atoms with van der Waals surface area (Å²) in [7, 11) is 0. The van der Waals surface area contributed by atoms with Gasteiger partial charge in [0, 0.05) is 0 Å². The third kappa shape index (κ3) is 1.64. The van der Waals surface area contributed by atoms with Gasteiger partial charge in [0.15, 0.2) is 0 Å². The van der Waals surface area contributed by atoms with E-state index in [4.69, 9.17) is 0 Å². The first-order chi connectivity index (χ1) is 5.75. The van der Waals surface area contributed by atoms with Crippen LogP contribution in [0.1, 0.15) is 38.5 Å². The molecule has 2 N–H and O–H groups in total. The van der Waals surface area contributed by atoms with Crippen LogP contribution in [0.4, 0.5) is 0 Å². The zero-order chi connectivity index (χ0) is 8.55. The van der Waals surface area contributed by atoms with Crippen molar-refractivity contribution in [1.82, 2.24) is 0 Å². The molecule has 0 aromatic carbocycles. The number of aliphatic hydroxyl groups excluding tert-OH is 2. The Labute approximate surface area is 73.6 Å². The molecular formula is C10H18O2. The van der Waals surface area contributed by atoms with E-state index in [0.29, 0.717) is 11.8 Å². The summed E-state index contributed by atoms with van der Waals surface area (Å²) in [5, 5.41) is 18.9. The predicted molar refractivity (Wildman–Crippen MR) is 46.7 cm³/mol. The largest absolute Gasteiger partial charge is 0.393 e. The molecule has 2 rings (SSSR count). The van der Waals surface area contributed by atoms with E-state index < -0.39 is 0 Å². The van der Waals surface area contributed by atoms with E-state index in [0.717, 1.165) is 38.5 Å². The molecular weight excluding hydrogens is 152 g/mol. The van der Waals surface area contributed by atoms with E-state index >= 15 is 0 Å². The molecule has 0 unspecified atom stereocenters. The summed E-state index contributed by atoms with van der Waals surface area (Å²) in [5.41, 5.74) is 0. The molecule has 2 aliphatic carbocycles. The van der Waals surface area contributed by atoms with Crippen molar-refractivity contribution in [3.05, 3.63) is 0 Å². The maximum absolute atomic E-state index is 9.45. The average molecular weight is 170 g/mol. The molecule has 4 atom stereocenters. The van der Waals surface area contributed by atoms with Crippen LogP contribution in [0.3, 0.4) is 0 Å². The van der Waals surface area contributed by atoms with Crippen molar-refractivity contribution in [3.63, 3.8) is 0 Å². The van der Waals surface area contributed by atoms with Crippen molar-refractivity contribution in [2.75, 3.05) is 0 Å². The van der Waals surface area contributed by atoms with E-state index in [1.807, 2.05) is 0 Å². The summed E-state index contributed by atoms with van der Waals surface area (Å²) in [4.78, 5) is 0. The lowest BCUT2D eigenvalue weighted by atomic mass is 9.69. The monoisotopic (exact) mass is 170 g/mol. The predicted octanol–water partition coefficient (Wildman–Crippen LogP) is 1.31. The summed E-state index contributed by atoms with van der Waals surface area (Å²) >= 11 is 0. The lowest BCUT2D eigenvalue weighted by Gasteiger charge is -2.39. The number of hydrogen-bond donors (Lipinski definition) is 2. The number of rotatable bonds is 0. The molecule has 0 spiro atoms. The topological polar surface area (TPSA) is 40.5 Å². The van der Waals surface area contributed by atoms with Crippen LogP contribution in [0.15, 0.2) is 0 Å². The van der Waals surface area contributed by atoms with Crippen LogP contribution < -0.4 is 0 Å². The Morgan fingerprint density at radius 1 is 0.667 bits per heavy atom. The van der Waals surface area contributed by atoms with Gasteiger partial charge in [-0.1, -0.05) is 0 Å². The highest BCUT2D eigenvalue weighted by Crippen LogP contribution is 2.40. The third-order valence-corrected chi connectivity index (χ3v) is 3.56. The van der Waals surface area contributed by atoms with Gasteiger partial charge in [0.2, 0.25) is 0 Å². The van der Waals surface area contributed by atoms with E-state index in [2.05, 4.69) is 0 Å². The van der Waals surface area contributed by atoms with Gasteiger partial charge >= 0.3 is 0 Å². The highest BCUT2D eigenvalue weighted by atomic mass is 16.3. The van der Waals surface area contributed by atoms with Crippen LogP contribution in [0.25, 0.3) is 0 Å². The van der Waals surface area contributed by atoms with Crippen molar-refractivity contribution >= 4 is 0 Å². The van der Waals surface area contributed by atoms with E-state index in [1.54, 1.807) is 0 Å². The first-order valence-electron chi connectivity index (χ1n) is 5.12. The van der Waals surface area contributed by atoms with Crippen LogP contribution in [-0.4, -0.2) is 22.4 Å². The van der Waals surface area contributed by atoms with Gasteiger partial charge in [-0.3, -0.25) is 0 Å². The van der Waals surface area contributed by atoms with Crippen LogP contribution in [-0.2, 0) is 0 Å². The van der Waals surface area contributed by atoms with Crippen LogP contribution in [0.2, 0.25) is 0 Å². The first kappa shape index (κ1) is 8.52. The Kier molecular flexibility index (Phi) is 2.37. The lowest BCUT2D eigenvalue weighted by molar-refractivity contribution is 0.00480. The van der Waals surface area contributed by atoms with E-state index in [1.165, 1.54) is 0 Å². The minimum atomic E-state index is -0.0542. The van der Waals surface area contributed by atoms with Gasteiger partial charge in [0.05, 0.1) is 12.2 Å². The molecule has 0 heterocycles. The summed E-state index contributed by atoms with van der Waals surface area (Å²) in [5.74, 6) is 1.41. The van der Waals surface area contributed by atoms with Crippen molar-refractivity contribution in [3.8, 4) is 0 Å². The molecule has 12 heavy (non-hydrogen) atoms. The molecule has 0 radical (unpaired) electrons. The second-order valence-corrected chi connectivity index (χ2v) is 4.45. The summed E-state index contributed by atoms with van der Waals surface area (Å²) in [6, 6.07) is 0. The second-order valence-electron chi connectivity index (χ2n) is 4.45. The minimum absolute atomic E-state index is 0.0542. The Morgan fingerprint density at radius 2 is 1.08 bits per heavy atom. The quantitative estimate of drug-likeness (QED) is 0.575. The maximum Gasteiger partial charge on any atom is 0.0543 e. The van der Waals surface area contributed by atoms with Crippen molar-refractivity contribution < 1.29 is 10.2 Å². The van der Waals surface area contributed by atoms with E-state index in [-0.39, 0.29) is 12.2 Å². The summed E-state index contributed by atoms with van der Waals surface area (Å²) in [6.45, 7) is 0. The first-order valence-corrected chi connectivity index (χ1v) is 5.12. The van der Waals surface area contributed by atoms with E-state index in [9.17, 15) is 10.2 Å². The highest BCUT2D eigenvalue weighted by Gasteiger charge is 2.34. The molecule has 2 fully saturated rings.